The van der Waals surface area contributed by atoms with Gasteiger partial charge in [0, 0.05) is 32.0 Å². The number of amides is 1. The van der Waals surface area contributed by atoms with E-state index in [0.717, 1.165) is 19.0 Å². The molecule has 0 spiro atoms. The van der Waals surface area contributed by atoms with Gasteiger partial charge in [0.05, 0.1) is 19.1 Å². The van der Waals surface area contributed by atoms with E-state index >= 15 is 0 Å². The van der Waals surface area contributed by atoms with E-state index in [0.29, 0.717) is 43.9 Å². The molecule has 9 heteroatoms. The number of carbonyl (C=O) groups excluding carboxylic acids is 1. The molecule has 2 aliphatic rings. The van der Waals surface area contributed by atoms with Crippen LogP contribution in [-0.2, 0) is 14.8 Å². The number of aromatic nitrogens is 1. The van der Waals surface area contributed by atoms with Gasteiger partial charge in [-0.3, -0.25) is 4.79 Å². The number of hydrogen-bond donors (Lipinski definition) is 2. The smallest absolute Gasteiger partial charge is 0.248 e. The Morgan fingerprint density at radius 1 is 1.24 bits per heavy atom. The van der Waals surface area contributed by atoms with Crippen LogP contribution in [0.2, 0.25) is 0 Å². The topological polar surface area (TPSA) is 97.0 Å². The third kappa shape index (κ3) is 5.19. The molecule has 0 radical (unpaired) electrons. The van der Waals surface area contributed by atoms with Crippen LogP contribution in [0.5, 0.6) is 0 Å². The molecule has 2 atom stereocenters. The highest BCUT2D eigenvalue weighted by atomic mass is 32.2. The summed E-state index contributed by atoms with van der Waals surface area (Å²) >= 11 is 0. The Morgan fingerprint density at radius 3 is 2.59 bits per heavy atom. The zero-order valence-corrected chi connectivity index (χ0v) is 18.7. The highest BCUT2D eigenvalue weighted by Gasteiger charge is 2.35. The normalized spacial score (nSPS) is 24.5. The van der Waals surface area contributed by atoms with Gasteiger partial charge >= 0.3 is 0 Å². The Morgan fingerprint density at radius 2 is 1.97 bits per heavy atom. The number of piperidine rings is 2. The summed E-state index contributed by atoms with van der Waals surface area (Å²) in [6.45, 7) is 9.31. The van der Waals surface area contributed by atoms with E-state index in [2.05, 4.69) is 17.4 Å². The van der Waals surface area contributed by atoms with Crippen LogP contribution >= 0.6 is 0 Å². The van der Waals surface area contributed by atoms with Crippen molar-refractivity contribution in [1.82, 2.24) is 14.8 Å². The second-order valence-corrected chi connectivity index (χ2v) is 10.4. The number of hydrogen-bond acceptors (Lipinski definition) is 5. The lowest BCUT2D eigenvalue weighted by molar-refractivity contribution is -0.928. The number of likely N-dealkylation sites (tertiary alicyclic amines) is 1. The number of aryl methyl sites for hydroxylation is 2. The summed E-state index contributed by atoms with van der Waals surface area (Å²) in [5.41, 5.74) is 0.382. The van der Waals surface area contributed by atoms with Crippen molar-refractivity contribution in [1.29, 1.82) is 0 Å². The van der Waals surface area contributed by atoms with E-state index in [9.17, 15) is 13.2 Å². The summed E-state index contributed by atoms with van der Waals surface area (Å²) in [6.07, 6.45) is 6.03. The van der Waals surface area contributed by atoms with Gasteiger partial charge in [0.15, 0.2) is 5.76 Å². The van der Waals surface area contributed by atoms with Crippen LogP contribution < -0.4 is 10.2 Å². The van der Waals surface area contributed by atoms with Crippen molar-refractivity contribution >= 4 is 15.9 Å². The molecule has 2 saturated heterocycles. The Bertz CT molecular complexity index is 780. The molecule has 0 saturated carbocycles. The highest BCUT2D eigenvalue weighted by Crippen LogP contribution is 2.27. The van der Waals surface area contributed by atoms with Gasteiger partial charge < -0.3 is 14.7 Å². The second kappa shape index (κ2) is 9.57. The summed E-state index contributed by atoms with van der Waals surface area (Å²) in [7, 11) is -3.63. The molecule has 2 aliphatic heterocycles. The van der Waals surface area contributed by atoms with E-state index in [-0.39, 0.29) is 16.7 Å². The second-order valence-electron chi connectivity index (χ2n) is 8.53. The molecule has 3 heterocycles. The van der Waals surface area contributed by atoms with Gasteiger partial charge in [0.2, 0.25) is 15.9 Å². The van der Waals surface area contributed by atoms with Crippen molar-refractivity contribution in [3.8, 4) is 0 Å². The predicted octanol–water partition coefficient (Wildman–Crippen LogP) is 0.656. The number of sulfonamides is 1. The maximum absolute atomic E-state index is 12.9. The van der Waals surface area contributed by atoms with Gasteiger partial charge in [-0.15, -0.1) is 0 Å². The van der Waals surface area contributed by atoms with Crippen LogP contribution in [0.25, 0.3) is 0 Å². The van der Waals surface area contributed by atoms with E-state index in [1.165, 1.54) is 30.1 Å². The van der Waals surface area contributed by atoms with E-state index in [4.69, 9.17) is 4.52 Å². The third-order valence-corrected chi connectivity index (χ3v) is 8.59. The SMILES string of the molecule is Cc1noc(C)c1S(=O)(=O)N1CCC(C(=O)NCCC[NH+]2CCCC[C@H]2C)CC1. The molecule has 0 bridgehead atoms. The molecule has 1 unspecified atom stereocenters. The van der Waals surface area contributed by atoms with Crippen molar-refractivity contribution in [2.75, 3.05) is 32.7 Å². The van der Waals surface area contributed by atoms with E-state index < -0.39 is 10.0 Å². The minimum atomic E-state index is -3.63. The number of nitrogens with zero attached hydrogens (tertiary/aromatic N) is 2. The molecule has 2 fully saturated rings. The van der Waals surface area contributed by atoms with Crippen LogP contribution in [-0.4, -0.2) is 62.6 Å². The molecule has 8 nitrogen and oxygen atoms in total. The van der Waals surface area contributed by atoms with Crippen LogP contribution in [0.4, 0.5) is 0 Å². The van der Waals surface area contributed by atoms with E-state index in [1.807, 2.05) is 0 Å². The van der Waals surface area contributed by atoms with Crippen molar-refractivity contribution < 1.29 is 22.6 Å². The van der Waals surface area contributed by atoms with Crippen molar-refractivity contribution in [2.24, 2.45) is 5.92 Å². The molecule has 164 valence electrons. The fraction of sp³-hybridized carbons (Fsp3) is 0.800. The molecule has 29 heavy (non-hydrogen) atoms. The Labute approximate surface area is 174 Å². The summed E-state index contributed by atoms with van der Waals surface area (Å²) in [5, 5.41) is 6.81. The number of quaternary nitrogens is 1. The molecular weight excluding hydrogens is 392 g/mol. The maximum Gasteiger partial charge on any atom is 0.248 e. The Kier molecular flexibility index (Phi) is 7.34. The molecule has 3 rings (SSSR count). The zero-order chi connectivity index (χ0) is 21.0. The first-order valence-corrected chi connectivity index (χ1v) is 12.3. The fourth-order valence-corrected chi connectivity index (χ4v) is 6.39. The minimum absolute atomic E-state index is 0.0566. The van der Waals surface area contributed by atoms with Crippen molar-refractivity contribution in [3.05, 3.63) is 11.5 Å². The van der Waals surface area contributed by atoms with Crippen LogP contribution in [0, 0.1) is 19.8 Å². The summed E-state index contributed by atoms with van der Waals surface area (Å²) in [6, 6.07) is 0.725. The van der Waals surface area contributed by atoms with Crippen LogP contribution in [0.3, 0.4) is 0 Å². The summed E-state index contributed by atoms with van der Waals surface area (Å²) in [5.74, 6) is 0.251. The Balaban J connectivity index is 1.42. The van der Waals surface area contributed by atoms with Gasteiger partial charge in [-0.2, -0.15) is 4.31 Å². The van der Waals surface area contributed by atoms with Gasteiger partial charge in [-0.1, -0.05) is 5.16 Å². The van der Waals surface area contributed by atoms with Crippen molar-refractivity contribution in [3.63, 3.8) is 0 Å². The molecule has 1 aromatic rings. The molecule has 1 aromatic heterocycles. The summed E-state index contributed by atoms with van der Waals surface area (Å²) < 4.78 is 32.2. The van der Waals surface area contributed by atoms with E-state index in [1.54, 1.807) is 18.7 Å². The molecule has 0 aromatic carbocycles. The third-order valence-electron chi connectivity index (χ3n) is 6.45. The average Bonchev–Trinajstić information content (AvgIpc) is 3.05. The quantitative estimate of drug-likeness (QED) is 0.623. The lowest BCUT2D eigenvalue weighted by atomic mass is 9.97. The maximum atomic E-state index is 12.9. The molecule has 2 N–H and O–H groups in total. The van der Waals surface area contributed by atoms with Crippen LogP contribution in [0.15, 0.2) is 9.42 Å². The number of carbonyl (C=O) groups is 1. The summed E-state index contributed by atoms with van der Waals surface area (Å²) in [4.78, 5) is 14.3. The van der Waals surface area contributed by atoms with Gasteiger partial charge in [-0.05, 0) is 52.9 Å². The number of nitrogens with one attached hydrogen (secondary N) is 2. The lowest BCUT2D eigenvalue weighted by Gasteiger charge is -2.31. The molecular formula is C20H35N4O4S+. The molecule has 1 amide bonds. The monoisotopic (exact) mass is 427 g/mol. The van der Waals surface area contributed by atoms with Crippen molar-refractivity contribution in [2.45, 2.75) is 70.2 Å². The van der Waals surface area contributed by atoms with Gasteiger partial charge in [0.1, 0.15) is 10.6 Å². The predicted molar refractivity (Wildman–Crippen MR) is 109 cm³/mol. The standard InChI is InChI=1S/C20H34N4O4S/c1-15-7-4-5-11-23(15)12-6-10-21-20(25)18-8-13-24(14-9-18)29(26,27)19-16(2)22-28-17(19)3/h15,18H,4-14H2,1-3H3,(H,21,25)/p+1/t15-/m1/s1. The zero-order valence-electron chi connectivity index (χ0n) is 17.9. The number of rotatable bonds is 7. The highest BCUT2D eigenvalue weighted by molar-refractivity contribution is 7.89. The first kappa shape index (κ1) is 22.2. The fourth-order valence-electron chi connectivity index (χ4n) is 4.63. The van der Waals surface area contributed by atoms with Gasteiger partial charge in [0.25, 0.3) is 0 Å². The molecule has 0 aliphatic carbocycles. The Hall–Kier alpha value is -1.45. The average molecular weight is 428 g/mol. The van der Waals surface area contributed by atoms with Gasteiger partial charge in [-0.25, -0.2) is 8.42 Å². The lowest BCUT2D eigenvalue weighted by Crippen LogP contribution is -3.16. The largest absolute Gasteiger partial charge is 0.360 e. The minimum Gasteiger partial charge on any atom is -0.360 e. The first-order chi connectivity index (χ1) is 13.8. The first-order valence-electron chi connectivity index (χ1n) is 10.9. The van der Waals surface area contributed by atoms with Crippen LogP contribution in [0.1, 0.15) is 56.9 Å².